The predicted octanol–water partition coefficient (Wildman–Crippen LogP) is 4.67. The van der Waals surface area contributed by atoms with Crippen molar-refractivity contribution in [3.05, 3.63) is 63.5 Å². The first kappa shape index (κ1) is 21.0. The Labute approximate surface area is 177 Å². The fourth-order valence-electron chi connectivity index (χ4n) is 2.71. The van der Waals surface area contributed by atoms with E-state index in [1.807, 2.05) is 6.92 Å². The van der Waals surface area contributed by atoms with Crippen LogP contribution in [0.5, 0.6) is 11.5 Å². The Kier molecular flexibility index (Phi) is 6.61. The zero-order valence-electron chi connectivity index (χ0n) is 15.8. The number of hydrogen-bond acceptors (Lipinski definition) is 6. The molecule has 1 fully saturated rings. The summed E-state index contributed by atoms with van der Waals surface area (Å²) in [6.07, 6.45) is 1.60. The topological polar surface area (TPSA) is 72.9 Å². The number of amides is 2. The van der Waals surface area contributed by atoms with Crippen LogP contribution in [0, 0.1) is 0 Å². The highest BCUT2D eigenvalue weighted by molar-refractivity contribution is 8.18. The number of benzene rings is 2. The van der Waals surface area contributed by atoms with Crippen molar-refractivity contribution in [1.82, 2.24) is 4.90 Å². The molecule has 6 nitrogen and oxygen atoms in total. The summed E-state index contributed by atoms with van der Waals surface area (Å²) in [6.45, 7) is 1.99. The Morgan fingerprint density at radius 3 is 2.52 bits per heavy atom. The molecule has 0 aliphatic carbocycles. The number of thioether (sulfide) groups is 1. The Hall–Kier alpha value is -2.77. The van der Waals surface area contributed by atoms with Gasteiger partial charge in [-0.1, -0.05) is 17.7 Å². The Morgan fingerprint density at radius 1 is 1.14 bits per heavy atom. The SMILES string of the molecule is CCOc1cc(/C=C2/SC(=O)N(CC(=O)c3ccc(Cl)cc3)C2=O)ccc1OC. The first-order chi connectivity index (χ1) is 13.9. The van der Waals surface area contributed by atoms with E-state index in [1.54, 1.807) is 55.7 Å². The number of carbonyl (C=O) groups excluding carboxylic acids is 3. The molecular weight excluding hydrogens is 414 g/mol. The van der Waals surface area contributed by atoms with Crippen molar-refractivity contribution in [2.24, 2.45) is 0 Å². The summed E-state index contributed by atoms with van der Waals surface area (Å²) in [6, 6.07) is 11.5. The molecule has 1 saturated heterocycles. The van der Waals surface area contributed by atoms with Crippen LogP contribution in [0.2, 0.25) is 5.02 Å². The number of rotatable bonds is 7. The van der Waals surface area contributed by atoms with Gasteiger partial charge >= 0.3 is 0 Å². The van der Waals surface area contributed by atoms with Crippen LogP contribution in [0.4, 0.5) is 4.79 Å². The molecule has 0 N–H and O–H groups in total. The quantitative estimate of drug-likeness (QED) is 0.468. The lowest BCUT2D eigenvalue weighted by Gasteiger charge is -2.11. The molecule has 0 atom stereocenters. The van der Waals surface area contributed by atoms with E-state index in [0.29, 0.717) is 34.3 Å². The van der Waals surface area contributed by atoms with Crippen LogP contribution in [-0.2, 0) is 4.79 Å². The van der Waals surface area contributed by atoms with Gasteiger partial charge in [0.25, 0.3) is 11.1 Å². The summed E-state index contributed by atoms with van der Waals surface area (Å²) >= 11 is 6.62. The minimum atomic E-state index is -0.504. The van der Waals surface area contributed by atoms with Gasteiger partial charge in [-0.3, -0.25) is 19.3 Å². The first-order valence-corrected chi connectivity index (χ1v) is 9.97. The molecule has 0 aromatic heterocycles. The van der Waals surface area contributed by atoms with E-state index in [4.69, 9.17) is 21.1 Å². The Balaban J connectivity index is 1.78. The van der Waals surface area contributed by atoms with Gasteiger partial charge in [0.15, 0.2) is 17.3 Å². The Morgan fingerprint density at radius 2 is 1.86 bits per heavy atom. The molecule has 0 saturated carbocycles. The zero-order chi connectivity index (χ0) is 21.0. The molecule has 3 rings (SSSR count). The van der Waals surface area contributed by atoms with Crippen LogP contribution < -0.4 is 9.47 Å². The summed E-state index contributed by atoms with van der Waals surface area (Å²) in [5.74, 6) is 0.274. The molecule has 0 bridgehead atoms. The maximum absolute atomic E-state index is 12.7. The predicted molar refractivity (Wildman–Crippen MR) is 113 cm³/mol. The fraction of sp³-hybridized carbons (Fsp3) is 0.190. The van der Waals surface area contributed by atoms with Gasteiger partial charge in [-0.2, -0.15) is 0 Å². The summed E-state index contributed by atoms with van der Waals surface area (Å²) in [5, 5.41) is 0.0173. The maximum atomic E-state index is 12.7. The lowest BCUT2D eigenvalue weighted by molar-refractivity contribution is -0.122. The molecule has 1 aliphatic heterocycles. The summed E-state index contributed by atoms with van der Waals surface area (Å²) in [7, 11) is 1.54. The minimum absolute atomic E-state index is 0.242. The number of nitrogens with zero attached hydrogens (tertiary/aromatic N) is 1. The number of ether oxygens (including phenoxy) is 2. The molecule has 2 aromatic rings. The first-order valence-electron chi connectivity index (χ1n) is 8.78. The summed E-state index contributed by atoms with van der Waals surface area (Å²) in [4.78, 5) is 38.5. The smallest absolute Gasteiger partial charge is 0.293 e. The monoisotopic (exact) mass is 431 g/mol. The number of hydrogen-bond donors (Lipinski definition) is 0. The van der Waals surface area contributed by atoms with E-state index in [0.717, 1.165) is 16.7 Å². The highest BCUT2D eigenvalue weighted by Gasteiger charge is 2.36. The molecule has 0 radical (unpaired) electrons. The van der Waals surface area contributed by atoms with Gasteiger partial charge in [0.1, 0.15) is 0 Å². The molecule has 29 heavy (non-hydrogen) atoms. The van der Waals surface area contributed by atoms with Crippen molar-refractivity contribution in [3.63, 3.8) is 0 Å². The van der Waals surface area contributed by atoms with Gasteiger partial charge in [-0.25, -0.2) is 0 Å². The lowest BCUT2D eigenvalue weighted by atomic mass is 10.1. The molecule has 0 spiro atoms. The third-order valence-electron chi connectivity index (χ3n) is 4.13. The molecule has 1 heterocycles. The van der Waals surface area contributed by atoms with Crippen LogP contribution in [0.1, 0.15) is 22.8 Å². The average molecular weight is 432 g/mol. The van der Waals surface area contributed by atoms with Crippen molar-refractivity contribution in [2.75, 3.05) is 20.3 Å². The van der Waals surface area contributed by atoms with Crippen molar-refractivity contribution >= 4 is 46.4 Å². The number of halogens is 1. The highest BCUT2D eigenvalue weighted by atomic mass is 35.5. The maximum Gasteiger partial charge on any atom is 0.293 e. The van der Waals surface area contributed by atoms with Crippen molar-refractivity contribution in [1.29, 1.82) is 0 Å². The lowest BCUT2D eigenvalue weighted by Crippen LogP contribution is -2.33. The van der Waals surface area contributed by atoms with Gasteiger partial charge in [-0.05, 0) is 66.7 Å². The van der Waals surface area contributed by atoms with E-state index in [9.17, 15) is 14.4 Å². The summed E-state index contributed by atoms with van der Waals surface area (Å²) in [5.41, 5.74) is 1.07. The number of Topliss-reactive ketones (excluding diaryl/α,β-unsaturated/α-hetero) is 1. The second-order valence-corrected chi connectivity index (χ2v) is 7.47. The van der Waals surface area contributed by atoms with Crippen LogP contribution in [0.25, 0.3) is 6.08 Å². The molecule has 1 aliphatic rings. The second-order valence-electron chi connectivity index (χ2n) is 6.04. The number of methoxy groups -OCH3 is 1. The molecule has 2 aromatic carbocycles. The van der Waals surface area contributed by atoms with Gasteiger partial charge < -0.3 is 9.47 Å². The van der Waals surface area contributed by atoms with Crippen LogP contribution in [0.3, 0.4) is 0 Å². The van der Waals surface area contributed by atoms with E-state index >= 15 is 0 Å². The largest absolute Gasteiger partial charge is 0.493 e. The molecular formula is C21H18ClNO5S. The van der Waals surface area contributed by atoms with Gasteiger partial charge in [0.05, 0.1) is 25.2 Å². The van der Waals surface area contributed by atoms with Crippen molar-refractivity contribution in [3.8, 4) is 11.5 Å². The van der Waals surface area contributed by atoms with Gasteiger partial charge in [0, 0.05) is 10.6 Å². The van der Waals surface area contributed by atoms with Crippen molar-refractivity contribution in [2.45, 2.75) is 6.92 Å². The van der Waals surface area contributed by atoms with Crippen LogP contribution in [0.15, 0.2) is 47.4 Å². The highest BCUT2D eigenvalue weighted by Crippen LogP contribution is 2.34. The number of imide groups is 1. The molecule has 8 heteroatoms. The molecule has 0 unspecified atom stereocenters. The van der Waals surface area contributed by atoms with E-state index < -0.39 is 11.1 Å². The van der Waals surface area contributed by atoms with E-state index in [2.05, 4.69) is 0 Å². The fourth-order valence-corrected chi connectivity index (χ4v) is 3.67. The van der Waals surface area contributed by atoms with E-state index in [-0.39, 0.29) is 17.2 Å². The van der Waals surface area contributed by atoms with Gasteiger partial charge in [0.2, 0.25) is 0 Å². The average Bonchev–Trinajstić information content (AvgIpc) is 2.96. The normalized spacial score (nSPS) is 15.1. The zero-order valence-corrected chi connectivity index (χ0v) is 17.4. The van der Waals surface area contributed by atoms with E-state index in [1.165, 1.54) is 0 Å². The third kappa shape index (κ3) is 4.81. The standard InChI is InChI=1S/C21H18ClNO5S/c1-3-28-18-10-13(4-9-17(18)27-2)11-19-20(25)23(21(26)29-19)12-16(24)14-5-7-15(22)8-6-14/h4-11H,3,12H2,1-2H3/b19-11+. The van der Waals surface area contributed by atoms with Crippen molar-refractivity contribution < 1.29 is 23.9 Å². The van der Waals surface area contributed by atoms with Gasteiger partial charge in [-0.15, -0.1) is 0 Å². The summed E-state index contributed by atoms with van der Waals surface area (Å²) < 4.78 is 10.8. The van der Waals surface area contributed by atoms with Crippen LogP contribution >= 0.6 is 23.4 Å². The third-order valence-corrected chi connectivity index (χ3v) is 5.29. The van der Waals surface area contributed by atoms with Crippen LogP contribution in [-0.4, -0.2) is 42.1 Å². The minimum Gasteiger partial charge on any atom is -0.493 e. The molecule has 150 valence electrons. The number of ketones is 1. The number of carbonyl (C=O) groups is 3. The Bertz CT molecular complexity index is 987. The second kappa shape index (κ2) is 9.15. The molecule has 2 amide bonds.